The number of hydrazine groups is 1. The number of rotatable bonds is 8. The van der Waals surface area contributed by atoms with Crippen LogP contribution in [-0.4, -0.2) is 83.9 Å². The van der Waals surface area contributed by atoms with E-state index in [1.54, 1.807) is 35.8 Å². The van der Waals surface area contributed by atoms with Crippen LogP contribution in [0.2, 0.25) is 0 Å². The minimum Gasteiger partial charge on any atom is -0.481 e. The first-order chi connectivity index (χ1) is 17.4. The first-order valence-corrected chi connectivity index (χ1v) is 13.8. The monoisotopic (exact) mass is 518 g/mol. The van der Waals surface area contributed by atoms with Gasteiger partial charge in [0.1, 0.15) is 10.7 Å². The number of anilines is 2. The molecule has 2 aromatic heterocycles. The van der Waals surface area contributed by atoms with Gasteiger partial charge < -0.3 is 20.1 Å². The lowest BCUT2D eigenvalue weighted by Gasteiger charge is -2.49. The molecule has 5 rings (SSSR count). The second-order valence-electron chi connectivity index (χ2n) is 9.69. The zero-order valence-electron chi connectivity index (χ0n) is 20.5. The molecule has 36 heavy (non-hydrogen) atoms. The van der Waals surface area contributed by atoms with Crippen molar-refractivity contribution < 1.29 is 18.3 Å². The molecule has 13 heteroatoms. The fourth-order valence-electron chi connectivity index (χ4n) is 5.57. The molecular formula is C23H34N8O4S. The van der Waals surface area contributed by atoms with Gasteiger partial charge in [-0.1, -0.05) is 6.42 Å². The average Bonchev–Trinajstić information content (AvgIpc) is 3.35. The van der Waals surface area contributed by atoms with Crippen molar-refractivity contribution in [3.8, 4) is 5.88 Å². The molecule has 0 radical (unpaired) electrons. The van der Waals surface area contributed by atoms with Gasteiger partial charge in [-0.2, -0.15) is 14.3 Å². The molecule has 0 saturated carbocycles. The summed E-state index contributed by atoms with van der Waals surface area (Å²) in [5.41, 5.74) is 6.15. The van der Waals surface area contributed by atoms with Crippen molar-refractivity contribution >= 4 is 21.8 Å². The normalized spacial score (nSPS) is 28.6. The lowest BCUT2D eigenvalue weighted by atomic mass is 9.83. The van der Waals surface area contributed by atoms with Crippen LogP contribution < -0.4 is 25.8 Å². The largest absolute Gasteiger partial charge is 0.481 e. The Bertz CT molecular complexity index is 1140. The summed E-state index contributed by atoms with van der Waals surface area (Å²) in [6.45, 7) is 0.0454. The third-order valence-electron chi connectivity index (χ3n) is 7.38. The van der Waals surface area contributed by atoms with Gasteiger partial charge in [0, 0.05) is 56.1 Å². The van der Waals surface area contributed by atoms with E-state index >= 15 is 0 Å². The van der Waals surface area contributed by atoms with E-state index in [1.807, 2.05) is 11.9 Å². The Kier molecular flexibility index (Phi) is 7.26. The Morgan fingerprint density at radius 2 is 2.00 bits per heavy atom. The Labute approximate surface area is 211 Å². The Morgan fingerprint density at radius 1 is 1.22 bits per heavy atom. The Balaban J connectivity index is 1.34. The number of aliphatic hydroxyl groups is 1. The molecule has 3 aliphatic rings. The summed E-state index contributed by atoms with van der Waals surface area (Å²) >= 11 is 0. The van der Waals surface area contributed by atoms with Gasteiger partial charge in [-0.25, -0.2) is 13.8 Å². The van der Waals surface area contributed by atoms with Crippen LogP contribution in [0.15, 0.2) is 35.5 Å². The van der Waals surface area contributed by atoms with Crippen molar-refractivity contribution in [1.82, 2.24) is 30.1 Å². The maximum absolute atomic E-state index is 13.5. The minimum absolute atomic E-state index is 0.0269. The van der Waals surface area contributed by atoms with Crippen molar-refractivity contribution in [2.45, 2.75) is 73.8 Å². The lowest BCUT2D eigenvalue weighted by molar-refractivity contribution is 0.109. The van der Waals surface area contributed by atoms with Crippen LogP contribution in [-0.2, 0) is 10.0 Å². The van der Waals surface area contributed by atoms with E-state index in [9.17, 15) is 13.5 Å². The second-order valence-corrected chi connectivity index (χ2v) is 11.5. The quantitative estimate of drug-likeness (QED) is 0.392. The summed E-state index contributed by atoms with van der Waals surface area (Å²) in [7, 11) is -0.0838. The smallest absolute Gasteiger partial charge is 0.245 e. The minimum atomic E-state index is -3.61. The third-order valence-corrected chi connectivity index (χ3v) is 9.37. The number of ether oxygens (including phenoxy) is 1. The topological polar surface area (TPSA) is 145 Å². The number of pyridine rings is 1. The van der Waals surface area contributed by atoms with E-state index in [2.05, 4.69) is 26.1 Å². The number of hydrogen-bond donors (Lipinski definition) is 4. The fourth-order valence-corrected chi connectivity index (χ4v) is 7.42. The molecule has 0 aromatic carbocycles. The van der Waals surface area contributed by atoms with Gasteiger partial charge in [0.15, 0.2) is 0 Å². The highest BCUT2D eigenvalue weighted by Gasteiger charge is 2.46. The third kappa shape index (κ3) is 4.98. The lowest BCUT2D eigenvalue weighted by Crippen LogP contribution is -2.58. The van der Waals surface area contributed by atoms with E-state index < -0.39 is 10.0 Å². The number of hydrogen-bond acceptors (Lipinski definition) is 11. The van der Waals surface area contributed by atoms with Crippen LogP contribution in [0.5, 0.6) is 5.88 Å². The van der Waals surface area contributed by atoms with E-state index in [-0.39, 0.29) is 41.8 Å². The summed E-state index contributed by atoms with van der Waals surface area (Å²) in [4.78, 5) is 15.6. The van der Waals surface area contributed by atoms with E-state index in [0.29, 0.717) is 36.9 Å². The van der Waals surface area contributed by atoms with Gasteiger partial charge in [-0.05, 0) is 37.8 Å². The van der Waals surface area contributed by atoms with E-state index in [4.69, 9.17) is 9.72 Å². The number of aromatic nitrogens is 3. The van der Waals surface area contributed by atoms with Crippen molar-refractivity contribution in [2.24, 2.45) is 0 Å². The van der Waals surface area contributed by atoms with Gasteiger partial charge >= 0.3 is 0 Å². The highest BCUT2D eigenvalue weighted by atomic mass is 32.2. The van der Waals surface area contributed by atoms with Crippen LogP contribution in [0.25, 0.3) is 0 Å². The van der Waals surface area contributed by atoms with Crippen LogP contribution in [0, 0.1) is 0 Å². The van der Waals surface area contributed by atoms with Crippen LogP contribution >= 0.6 is 0 Å². The van der Waals surface area contributed by atoms with Gasteiger partial charge in [0.2, 0.25) is 21.9 Å². The molecule has 3 fully saturated rings. The van der Waals surface area contributed by atoms with Crippen molar-refractivity contribution in [3.63, 3.8) is 0 Å². The van der Waals surface area contributed by atoms with Crippen LogP contribution in [0.4, 0.5) is 11.8 Å². The maximum Gasteiger partial charge on any atom is 0.245 e. The number of nitrogens with one attached hydrogen (secondary N) is 3. The van der Waals surface area contributed by atoms with Gasteiger partial charge in [0.25, 0.3) is 0 Å². The molecule has 2 aromatic rings. The number of piperidine rings is 2. The zero-order valence-corrected chi connectivity index (χ0v) is 21.4. The summed E-state index contributed by atoms with van der Waals surface area (Å²) < 4.78 is 34.1. The average molecular weight is 519 g/mol. The standard InChI is InChI=1S/C23H34N8O4S/c1-30(23-26-20(12-22(27-23)35-2)25-21-9-15(14-32)28-29-21)18-10-16-5-3-6-17(11-18)31(16)36(33,34)19-7-4-8-24-13-19/h4,7-8,12-13,15-18,21,28-29,32H,3,5-6,9-11,14H2,1-2H3,(H,25,26,27)/t15?,16-,17+,18?,21?. The Morgan fingerprint density at radius 3 is 2.64 bits per heavy atom. The molecule has 196 valence electrons. The van der Waals surface area contributed by atoms with E-state index in [1.165, 1.54) is 6.20 Å². The predicted octanol–water partition coefficient (Wildman–Crippen LogP) is 0.688. The summed E-state index contributed by atoms with van der Waals surface area (Å²) in [5.74, 6) is 1.57. The van der Waals surface area contributed by atoms with Crippen LogP contribution in [0.1, 0.15) is 38.5 Å². The van der Waals surface area contributed by atoms with Crippen molar-refractivity contribution in [3.05, 3.63) is 30.6 Å². The molecule has 4 N–H and O–H groups in total. The molecule has 3 unspecified atom stereocenters. The first-order valence-electron chi connectivity index (χ1n) is 12.4. The number of methoxy groups -OCH3 is 1. The summed E-state index contributed by atoms with van der Waals surface area (Å²) in [5, 5.41) is 12.7. The molecule has 0 aliphatic carbocycles. The first kappa shape index (κ1) is 25.1. The summed E-state index contributed by atoms with van der Waals surface area (Å²) in [6, 6.07) is 4.92. The molecule has 12 nitrogen and oxygen atoms in total. The molecular weight excluding hydrogens is 484 g/mol. The number of aliphatic hydroxyl groups excluding tert-OH is 1. The molecule has 5 heterocycles. The maximum atomic E-state index is 13.5. The van der Waals surface area contributed by atoms with Crippen molar-refractivity contribution in [2.75, 3.05) is 31.0 Å². The number of nitrogens with zero attached hydrogens (tertiary/aromatic N) is 5. The highest BCUT2D eigenvalue weighted by Crippen LogP contribution is 2.40. The van der Waals surface area contributed by atoms with Gasteiger partial charge in [0.05, 0.1) is 19.9 Å². The highest BCUT2D eigenvalue weighted by molar-refractivity contribution is 7.89. The number of fused-ring (bicyclic) bond motifs is 2. The molecule has 2 bridgehead atoms. The second kappa shape index (κ2) is 10.4. The van der Waals surface area contributed by atoms with Crippen LogP contribution in [0.3, 0.4) is 0 Å². The molecule has 0 amide bonds. The molecule has 3 saturated heterocycles. The number of sulfonamides is 1. The predicted molar refractivity (Wildman–Crippen MR) is 134 cm³/mol. The fraction of sp³-hybridized carbons (Fsp3) is 0.609. The van der Waals surface area contributed by atoms with Crippen molar-refractivity contribution in [1.29, 1.82) is 0 Å². The molecule has 0 spiro atoms. The zero-order chi connectivity index (χ0) is 25.3. The Hall–Kier alpha value is -2.58. The molecule has 3 aliphatic heterocycles. The summed E-state index contributed by atoms with van der Waals surface area (Å²) in [6.07, 6.45) is 7.69. The van der Waals surface area contributed by atoms with Gasteiger partial charge in [-0.3, -0.25) is 10.4 Å². The molecule has 5 atom stereocenters. The SMILES string of the molecule is COc1cc(NC2CC(CO)NN2)nc(N(C)C2C[C@H]3CCC[C@@H](C2)N3S(=O)(=O)c2cccnc2)n1. The van der Waals surface area contributed by atoms with E-state index in [0.717, 1.165) is 19.3 Å². The van der Waals surface area contributed by atoms with Gasteiger partial charge in [-0.15, -0.1) is 0 Å².